The summed E-state index contributed by atoms with van der Waals surface area (Å²) in [5.41, 5.74) is 0. The molecule has 1 aliphatic heterocycles. The van der Waals surface area contributed by atoms with Gasteiger partial charge in [0.05, 0.1) is 6.61 Å². The van der Waals surface area contributed by atoms with Crippen LogP contribution in [0.3, 0.4) is 0 Å². The molecule has 19 heavy (non-hydrogen) atoms. The minimum atomic E-state index is -0.401. The van der Waals surface area contributed by atoms with Crippen molar-refractivity contribution in [2.45, 2.75) is 39.7 Å². The number of ether oxygens (including phenoxy) is 2. The molecular formula is C13H21N3O3. The van der Waals surface area contributed by atoms with Crippen molar-refractivity contribution in [1.82, 2.24) is 14.8 Å². The van der Waals surface area contributed by atoms with Gasteiger partial charge in [-0.2, -0.15) is 0 Å². The van der Waals surface area contributed by atoms with Crippen LogP contribution in [0.2, 0.25) is 0 Å². The summed E-state index contributed by atoms with van der Waals surface area (Å²) in [4.78, 5) is 11.9. The SMILES string of the molecule is CCOC(=O)c1nnc(C)n1C(C)C1CCOCC1. The summed E-state index contributed by atoms with van der Waals surface area (Å²) in [6, 6.07) is 0.179. The zero-order chi connectivity index (χ0) is 13.8. The summed E-state index contributed by atoms with van der Waals surface area (Å²) in [7, 11) is 0. The largest absolute Gasteiger partial charge is 0.460 e. The van der Waals surface area contributed by atoms with E-state index < -0.39 is 5.97 Å². The Balaban J connectivity index is 2.22. The number of rotatable bonds is 4. The predicted octanol–water partition coefficient (Wildman–Crippen LogP) is 1.75. The first kappa shape index (κ1) is 14.0. The van der Waals surface area contributed by atoms with E-state index in [1.54, 1.807) is 6.92 Å². The van der Waals surface area contributed by atoms with E-state index in [2.05, 4.69) is 17.1 Å². The van der Waals surface area contributed by atoms with Crippen LogP contribution in [-0.2, 0) is 9.47 Å². The molecule has 0 saturated carbocycles. The van der Waals surface area contributed by atoms with Crippen molar-refractivity contribution in [1.29, 1.82) is 0 Å². The molecule has 106 valence electrons. The monoisotopic (exact) mass is 267 g/mol. The first-order valence-corrected chi connectivity index (χ1v) is 6.81. The number of hydrogen-bond donors (Lipinski definition) is 0. The van der Waals surface area contributed by atoms with Gasteiger partial charge in [0, 0.05) is 19.3 Å². The number of carbonyl (C=O) groups excluding carboxylic acids is 1. The summed E-state index contributed by atoms with van der Waals surface area (Å²) >= 11 is 0. The Hall–Kier alpha value is -1.43. The third-order valence-electron chi connectivity index (χ3n) is 3.68. The number of hydrogen-bond acceptors (Lipinski definition) is 5. The van der Waals surface area contributed by atoms with Crippen molar-refractivity contribution >= 4 is 5.97 Å². The molecule has 0 radical (unpaired) electrons. The van der Waals surface area contributed by atoms with Crippen molar-refractivity contribution in [3.05, 3.63) is 11.6 Å². The average Bonchev–Trinajstić information content (AvgIpc) is 2.81. The lowest BCUT2D eigenvalue weighted by atomic mass is 9.92. The van der Waals surface area contributed by atoms with Crippen LogP contribution in [-0.4, -0.2) is 40.6 Å². The van der Waals surface area contributed by atoms with Gasteiger partial charge >= 0.3 is 5.97 Å². The lowest BCUT2D eigenvalue weighted by molar-refractivity contribution is 0.0446. The molecule has 0 aliphatic carbocycles. The Morgan fingerprint density at radius 2 is 2.16 bits per heavy atom. The summed E-state index contributed by atoms with van der Waals surface area (Å²) < 4.78 is 12.3. The Kier molecular flexibility index (Phi) is 4.52. The van der Waals surface area contributed by atoms with E-state index in [9.17, 15) is 4.79 Å². The molecule has 1 aromatic rings. The van der Waals surface area contributed by atoms with Crippen LogP contribution >= 0.6 is 0 Å². The van der Waals surface area contributed by atoms with E-state index in [-0.39, 0.29) is 6.04 Å². The zero-order valence-corrected chi connectivity index (χ0v) is 11.8. The number of aromatic nitrogens is 3. The summed E-state index contributed by atoms with van der Waals surface area (Å²) in [6.45, 7) is 7.67. The molecule has 0 bridgehead atoms. The topological polar surface area (TPSA) is 66.2 Å². The van der Waals surface area contributed by atoms with Crippen molar-refractivity contribution in [3.8, 4) is 0 Å². The fourth-order valence-electron chi connectivity index (χ4n) is 2.60. The summed E-state index contributed by atoms with van der Waals surface area (Å²) in [5, 5.41) is 7.97. The van der Waals surface area contributed by atoms with E-state index in [4.69, 9.17) is 9.47 Å². The Morgan fingerprint density at radius 3 is 2.79 bits per heavy atom. The highest BCUT2D eigenvalue weighted by atomic mass is 16.5. The molecule has 2 heterocycles. The van der Waals surface area contributed by atoms with Gasteiger partial charge in [0.1, 0.15) is 5.82 Å². The third-order valence-corrected chi connectivity index (χ3v) is 3.68. The first-order valence-electron chi connectivity index (χ1n) is 6.81. The molecule has 0 amide bonds. The third kappa shape index (κ3) is 2.94. The normalized spacial score (nSPS) is 18.3. The minimum absolute atomic E-state index is 0.179. The van der Waals surface area contributed by atoms with Gasteiger partial charge in [0.2, 0.25) is 5.82 Å². The van der Waals surface area contributed by atoms with Crippen molar-refractivity contribution in [2.24, 2.45) is 5.92 Å². The van der Waals surface area contributed by atoms with Crippen LogP contribution in [0.1, 0.15) is 49.2 Å². The number of carbonyl (C=O) groups is 1. The number of aryl methyl sites for hydroxylation is 1. The van der Waals surface area contributed by atoms with E-state index in [1.807, 2.05) is 11.5 Å². The van der Waals surface area contributed by atoms with Gasteiger partial charge in [-0.25, -0.2) is 4.79 Å². The number of esters is 1. The fraction of sp³-hybridized carbons (Fsp3) is 0.769. The van der Waals surface area contributed by atoms with E-state index in [0.717, 1.165) is 31.9 Å². The van der Waals surface area contributed by atoms with Gasteiger partial charge in [-0.3, -0.25) is 0 Å². The van der Waals surface area contributed by atoms with Crippen LogP contribution < -0.4 is 0 Å². The smallest absolute Gasteiger partial charge is 0.376 e. The van der Waals surface area contributed by atoms with Crippen LogP contribution in [0.4, 0.5) is 0 Å². The maximum Gasteiger partial charge on any atom is 0.376 e. The van der Waals surface area contributed by atoms with Gasteiger partial charge in [-0.1, -0.05) is 0 Å². The van der Waals surface area contributed by atoms with Crippen molar-refractivity contribution < 1.29 is 14.3 Å². The molecule has 0 spiro atoms. The molecule has 0 N–H and O–H groups in total. The second-order valence-corrected chi connectivity index (χ2v) is 4.85. The molecule has 1 aliphatic rings. The standard InChI is InChI=1S/C13H21N3O3/c1-4-19-13(17)12-15-14-10(3)16(12)9(2)11-5-7-18-8-6-11/h9,11H,4-8H2,1-3H3. The average molecular weight is 267 g/mol. The molecule has 1 atom stereocenters. The molecule has 0 aromatic carbocycles. The maximum atomic E-state index is 11.9. The summed E-state index contributed by atoms with van der Waals surface area (Å²) in [5.74, 6) is 1.14. The van der Waals surface area contributed by atoms with Crippen LogP contribution in [0.15, 0.2) is 0 Å². The molecule has 1 fully saturated rings. The van der Waals surface area contributed by atoms with Crippen LogP contribution in [0.25, 0.3) is 0 Å². The lowest BCUT2D eigenvalue weighted by Gasteiger charge is -2.29. The maximum absolute atomic E-state index is 11.9. The Morgan fingerprint density at radius 1 is 1.47 bits per heavy atom. The van der Waals surface area contributed by atoms with Gasteiger partial charge < -0.3 is 14.0 Å². The minimum Gasteiger partial charge on any atom is -0.460 e. The van der Waals surface area contributed by atoms with Crippen LogP contribution in [0.5, 0.6) is 0 Å². The lowest BCUT2D eigenvalue weighted by Crippen LogP contribution is -2.27. The van der Waals surface area contributed by atoms with Gasteiger partial charge in [-0.05, 0) is 39.5 Å². The van der Waals surface area contributed by atoms with E-state index in [1.165, 1.54) is 0 Å². The molecule has 1 saturated heterocycles. The number of nitrogens with zero attached hydrogens (tertiary/aromatic N) is 3. The fourth-order valence-corrected chi connectivity index (χ4v) is 2.60. The van der Waals surface area contributed by atoms with Gasteiger partial charge in [0.25, 0.3) is 0 Å². The van der Waals surface area contributed by atoms with Gasteiger partial charge in [-0.15, -0.1) is 10.2 Å². The summed E-state index contributed by atoms with van der Waals surface area (Å²) in [6.07, 6.45) is 2.00. The Labute approximate surface area is 113 Å². The quantitative estimate of drug-likeness (QED) is 0.777. The predicted molar refractivity (Wildman–Crippen MR) is 69.0 cm³/mol. The highest BCUT2D eigenvalue weighted by Crippen LogP contribution is 2.29. The molecular weight excluding hydrogens is 246 g/mol. The highest BCUT2D eigenvalue weighted by Gasteiger charge is 2.28. The highest BCUT2D eigenvalue weighted by molar-refractivity contribution is 5.85. The van der Waals surface area contributed by atoms with Gasteiger partial charge in [0.15, 0.2) is 0 Å². The zero-order valence-electron chi connectivity index (χ0n) is 11.8. The Bertz CT molecular complexity index is 438. The molecule has 2 rings (SSSR count). The van der Waals surface area contributed by atoms with E-state index >= 15 is 0 Å². The van der Waals surface area contributed by atoms with E-state index in [0.29, 0.717) is 18.3 Å². The van der Waals surface area contributed by atoms with Crippen LogP contribution in [0, 0.1) is 12.8 Å². The second-order valence-electron chi connectivity index (χ2n) is 4.85. The second kappa shape index (κ2) is 6.14. The first-order chi connectivity index (χ1) is 9.15. The molecule has 1 unspecified atom stereocenters. The van der Waals surface area contributed by atoms with Crippen molar-refractivity contribution in [3.63, 3.8) is 0 Å². The van der Waals surface area contributed by atoms with Crippen molar-refractivity contribution in [2.75, 3.05) is 19.8 Å². The molecule has 6 nitrogen and oxygen atoms in total. The molecule has 1 aromatic heterocycles. The molecule has 6 heteroatoms.